The van der Waals surface area contributed by atoms with Crippen LogP contribution >= 0.6 is 15.9 Å². The summed E-state index contributed by atoms with van der Waals surface area (Å²) in [5.41, 5.74) is 1.15. The molecule has 1 aliphatic rings. The van der Waals surface area contributed by atoms with E-state index in [1.54, 1.807) is 7.11 Å². The van der Waals surface area contributed by atoms with Crippen LogP contribution in [0.4, 0.5) is 0 Å². The Morgan fingerprint density at radius 3 is 2.31 bits per heavy atom. The van der Waals surface area contributed by atoms with Crippen molar-refractivity contribution in [2.24, 2.45) is 0 Å². The molecule has 2 rings (SSSR count). The van der Waals surface area contributed by atoms with Gasteiger partial charge in [-0.15, -0.1) is 0 Å². The van der Waals surface area contributed by atoms with Crippen LogP contribution in [0.5, 0.6) is 5.75 Å². The molecule has 0 radical (unpaired) electrons. The van der Waals surface area contributed by atoms with Crippen LogP contribution in [0, 0.1) is 0 Å². The van der Waals surface area contributed by atoms with E-state index in [-0.39, 0.29) is 22.0 Å². The summed E-state index contributed by atoms with van der Waals surface area (Å²) >= 11 is 3.66. The van der Waals surface area contributed by atoms with Crippen molar-refractivity contribution in [2.75, 3.05) is 7.11 Å². The summed E-state index contributed by atoms with van der Waals surface area (Å²) in [5.74, 6) is 0.845. The predicted molar refractivity (Wildman–Crippen MR) is 114 cm³/mol. The van der Waals surface area contributed by atoms with E-state index in [2.05, 4.69) is 61.2 Å². The average molecular weight is 442 g/mol. The van der Waals surface area contributed by atoms with Crippen molar-refractivity contribution in [1.29, 1.82) is 0 Å². The summed E-state index contributed by atoms with van der Waals surface area (Å²) in [4.78, 5) is -0.130. The summed E-state index contributed by atoms with van der Waals surface area (Å²) in [6.45, 7) is 11.8. The van der Waals surface area contributed by atoms with Gasteiger partial charge in [0.25, 0.3) is 0 Å². The van der Waals surface area contributed by atoms with E-state index in [1.165, 1.54) is 0 Å². The number of halogens is 1. The van der Waals surface area contributed by atoms with E-state index in [4.69, 9.17) is 9.16 Å². The van der Waals surface area contributed by atoms with Crippen LogP contribution in [0.2, 0.25) is 18.1 Å². The maximum absolute atomic E-state index is 10.7. The van der Waals surface area contributed by atoms with E-state index >= 15 is 0 Å². The zero-order valence-corrected chi connectivity index (χ0v) is 19.2. The molecule has 0 bridgehead atoms. The van der Waals surface area contributed by atoms with Crippen molar-refractivity contribution in [2.45, 2.75) is 68.5 Å². The Kier molecular flexibility index (Phi) is 7.13. The van der Waals surface area contributed by atoms with Crippen LogP contribution < -0.4 is 10.1 Å². The molecule has 0 saturated heterocycles. The van der Waals surface area contributed by atoms with E-state index in [1.807, 2.05) is 30.3 Å². The van der Waals surface area contributed by atoms with Crippen LogP contribution in [0.15, 0.2) is 36.4 Å². The first-order valence-electron chi connectivity index (χ1n) is 9.10. The molecule has 0 aliphatic heterocycles. The highest BCUT2D eigenvalue weighted by Gasteiger charge is 2.42. The molecule has 2 N–H and O–H groups in total. The van der Waals surface area contributed by atoms with Gasteiger partial charge in [-0.25, -0.2) is 0 Å². The molecule has 0 spiro atoms. The largest absolute Gasteiger partial charge is 0.497 e. The highest BCUT2D eigenvalue weighted by molar-refractivity contribution is 9.09. The smallest absolute Gasteiger partial charge is 0.192 e. The Morgan fingerprint density at radius 1 is 1.15 bits per heavy atom. The molecule has 0 unspecified atom stereocenters. The minimum absolute atomic E-state index is 0.107. The van der Waals surface area contributed by atoms with Crippen LogP contribution in [-0.2, 0) is 11.0 Å². The van der Waals surface area contributed by atoms with Gasteiger partial charge in [0.05, 0.1) is 30.2 Å². The van der Waals surface area contributed by atoms with E-state index < -0.39 is 14.4 Å². The molecular weight excluding hydrogens is 410 g/mol. The number of benzene rings is 1. The highest BCUT2D eigenvalue weighted by atomic mass is 79.9. The van der Waals surface area contributed by atoms with Crippen molar-refractivity contribution in [3.8, 4) is 5.75 Å². The van der Waals surface area contributed by atoms with Crippen molar-refractivity contribution in [1.82, 2.24) is 5.32 Å². The maximum atomic E-state index is 10.7. The number of rotatable bonds is 6. The Labute approximate surface area is 167 Å². The third-order valence-electron chi connectivity index (χ3n) is 5.45. The van der Waals surface area contributed by atoms with E-state index in [0.717, 1.165) is 11.3 Å². The molecule has 4 atom stereocenters. The number of nitrogens with one attached hydrogen (secondary N) is 1. The summed E-state index contributed by atoms with van der Waals surface area (Å²) in [7, 11) is -0.229. The SMILES string of the molecule is COc1ccc(CN[C@@H]2C=C[C@H](O[Si](C)(C)C(C)(C)C)[C@@H](Br)[C@H]2O)cc1. The number of aliphatic hydroxyl groups is 1. The minimum Gasteiger partial charge on any atom is -0.497 e. The first kappa shape index (κ1) is 21.6. The van der Waals surface area contributed by atoms with Gasteiger partial charge >= 0.3 is 0 Å². The molecule has 0 aromatic heterocycles. The number of hydrogen-bond acceptors (Lipinski definition) is 4. The fourth-order valence-electron chi connectivity index (χ4n) is 2.63. The highest BCUT2D eigenvalue weighted by Crippen LogP contribution is 2.39. The van der Waals surface area contributed by atoms with Crippen LogP contribution in [-0.4, -0.2) is 43.6 Å². The van der Waals surface area contributed by atoms with Crippen LogP contribution in [0.25, 0.3) is 0 Å². The number of alkyl halides is 1. The van der Waals surface area contributed by atoms with E-state index in [0.29, 0.717) is 6.54 Å². The van der Waals surface area contributed by atoms with Gasteiger partial charge in [0, 0.05) is 6.54 Å². The average Bonchev–Trinajstić information content (AvgIpc) is 2.57. The topological polar surface area (TPSA) is 50.7 Å². The number of ether oxygens (including phenoxy) is 1. The number of aliphatic hydroxyl groups excluding tert-OH is 1. The second-order valence-electron chi connectivity index (χ2n) is 8.42. The monoisotopic (exact) mass is 441 g/mol. The number of methoxy groups -OCH3 is 1. The fraction of sp³-hybridized carbons (Fsp3) is 0.600. The zero-order valence-electron chi connectivity index (χ0n) is 16.6. The number of hydrogen-bond donors (Lipinski definition) is 2. The first-order chi connectivity index (χ1) is 12.0. The van der Waals surface area contributed by atoms with Crippen molar-refractivity contribution in [3.63, 3.8) is 0 Å². The van der Waals surface area contributed by atoms with Crippen LogP contribution in [0.1, 0.15) is 26.3 Å². The second-order valence-corrected chi connectivity index (χ2v) is 14.2. The van der Waals surface area contributed by atoms with Crippen molar-refractivity contribution < 1.29 is 14.3 Å². The maximum Gasteiger partial charge on any atom is 0.192 e. The standard InChI is InChI=1S/C20H32BrNO3Si/c1-20(2,3)26(5,6)25-17-12-11-16(19(23)18(17)21)22-13-14-7-9-15(24-4)10-8-14/h7-12,16-19,22-23H,13H2,1-6H3/t16-,17+,18-,19+/m1/s1. The molecule has 1 aliphatic carbocycles. The molecule has 1 aromatic rings. The summed E-state index contributed by atoms with van der Waals surface area (Å²) in [6.07, 6.45) is 3.46. The first-order valence-corrected chi connectivity index (χ1v) is 12.9. The normalized spacial score (nSPS) is 26.8. The Balaban J connectivity index is 1.98. The molecule has 26 heavy (non-hydrogen) atoms. The Morgan fingerprint density at radius 2 is 1.77 bits per heavy atom. The Bertz CT molecular complexity index is 612. The van der Waals surface area contributed by atoms with Gasteiger partial charge < -0.3 is 19.6 Å². The van der Waals surface area contributed by atoms with Gasteiger partial charge in [-0.2, -0.15) is 0 Å². The molecule has 6 heteroatoms. The molecule has 4 nitrogen and oxygen atoms in total. The summed E-state index contributed by atoms with van der Waals surface area (Å²) < 4.78 is 11.6. The van der Waals surface area contributed by atoms with Gasteiger partial charge in [0.2, 0.25) is 0 Å². The van der Waals surface area contributed by atoms with Gasteiger partial charge in [-0.05, 0) is 35.8 Å². The molecule has 0 heterocycles. The lowest BCUT2D eigenvalue weighted by atomic mass is 9.97. The van der Waals surface area contributed by atoms with Gasteiger partial charge in [-0.1, -0.05) is 61.0 Å². The van der Waals surface area contributed by atoms with Crippen molar-refractivity contribution in [3.05, 3.63) is 42.0 Å². The Hall–Kier alpha value is -0.663. The quantitative estimate of drug-likeness (QED) is 0.393. The summed E-state index contributed by atoms with van der Waals surface area (Å²) in [5, 5.41) is 14.3. The molecular formula is C20H32BrNO3Si. The lowest BCUT2D eigenvalue weighted by Crippen LogP contribution is -2.53. The minimum atomic E-state index is -1.89. The van der Waals surface area contributed by atoms with Gasteiger partial charge in [0.1, 0.15) is 5.75 Å². The van der Waals surface area contributed by atoms with Gasteiger partial charge in [-0.3, -0.25) is 0 Å². The predicted octanol–water partition coefficient (Wildman–Crippen LogP) is 4.24. The van der Waals surface area contributed by atoms with E-state index in [9.17, 15) is 5.11 Å². The fourth-order valence-corrected chi connectivity index (χ4v) is 4.70. The molecule has 0 amide bonds. The molecule has 146 valence electrons. The second kappa shape index (κ2) is 8.57. The lowest BCUT2D eigenvalue weighted by molar-refractivity contribution is 0.0898. The molecule has 0 fully saturated rings. The summed E-state index contributed by atoms with van der Waals surface area (Å²) in [6, 6.07) is 7.83. The zero-order chi connectivity index (χ0) is 19.5. The van der Waals surface area contributed by atoms with Gasteiger partial charge in [0.15, 0.2) is 8.32 Å². The molecule has 1 aromatic carbocycles. The van der Waals surface area contributed by atoms with Crippen molar-refractivity contribution >= 4 is 24.2 Å². The molecule has 0 saturated carbocycles. The van der Waals surface area contributed by atoms with Crippen LogP contribution in [0.3, 0.4) is 0 Å². The third kappa shape index (κ3) is 5.20. The lowest BCUT2D eigenvalue weighted by Gasteiger charge is -2.42. The third-order valence-corrected chi connectivity index (χ3v) is 11.0.